The monoisotopic (exact) mass is 483 g/mol. The molecule has 2 aromatic heterocycles. The molecule has 3 heterocycles. The molecule has 8 nitrogen and oxygen atoms in total. The highest BCUT2D eigenvalue weighted by atomic mass is 19.3. The molecular weight excluding hydrogens is 459 g/mol. The van der Waals surface area contributed by atoms with E-state index in [4.69, 9.17) is 21.3 Å². The number of pyridine rings is 1. The molecule has 4 N–H and O–H groups in total. The molecule has 2 aliphatic rings. The van der Waals surface area contributed by atoms with Gasteiger partial charge in [-0.15, -0.1) is 0 Å². The van der Waals surface area contributed by atoms with Gasteiger partial charge in [0.15, 0.2) is 11.6 Å². The molecule has 1 saturated carbocycles. The second-order valence-electron chi connectivity index (χ2n) is 8.73. The summed E-state index contributed by atoms with van der Waals surface area (Å²) in [6, 6.07) is 6.99. The van der Waals surface area contributed by atoms with Crippen molar-refractivity contribution < 1.29 is 17.9 Å². The quantitative estimate of drug-likeness (QED) is 0.429. The lowest BCUT2D eigenvalue weighted by atomic mass is 10.0. The number of hydrogen-bond acceptors (Lipinski definition) is 7. The van der Waals surface area contributed by atoms with Crippen LogP contribution in [-0.4, -0.2) is 32.7 Å². The molecule has 1 aliphatic heterocycles. The summed E-state index contributed by atoms with van der Waals surface area (Å²) >= 11 is 0. The number of fused-ring (bicyclic) bond motifs is 5. The van der Waals surface area contributed by atoms with E-state index in [1.54, 1.807) is 19.2 Å². The van der Waals surface area contributed by atoms with E-state index in [1.165, 1.54) is 28.9 Å². The summed E-state index contributed by atoms with van der Waals surface area (Å²) < 4.78 is 49.1. The fourth-order valence-corrected chi connectivity index (χ4v) is 4.09. The fraction of sp³-hybridized carbons (Fsp3) is 0.333. The van der Waals surface area contributed by atoms with Crippen molar-refractivity contribution in [2.24, 2.45) is 21.9 Å². The molecule has 0 amide bonds. The van der Waals surface area contributed by atoms with E-state index >= 15 is 0 Å². The number of benzene rings is 1. The second kappa shape index (κ2) is 9.05. The highest BCUT2D eigenvalue weighted by Gasteiger charge is 2.27. The van der Waals surface area contributed by atoms with Crippen molar-refractivity contribution in [1.29, 1.82) is 0 Å². The lowest BCUT2D eigenvalue weighted by Crippen LogP contribution is -2.24. The second-order valence-corrected chi connectivity index (χ2v) is 8.73. The first-order chi connectivity index (χ1) is 16.8. The molecule has 0 saturated heterocycles. The lowest BCUT2D eigenvalue weighted by Gasteiger charge is -2.22. The van der Waals surface area contributed by atoms with Crippen molar-refractivity contribution in [3.05, 3.63) is 64.9 Å². The molecule has 1 aromatic carbocycles. The number of ether oxygens (including phenoxy) is 1. The molecule has 5 rings (SSSR count). The van der Waals surface area contributed by atoms with Crippen molar-refractivity contribution in [2.45, 2.75) is 38.7 Å². The number of halogens is 3. The molecule has 0 radical (unpaired) electrons. The minimum atomic E-state index is -2.80. The third kappa shape index (κ3) is 4.58. The molecule has 1 fully saturated rings. The van der Waals surface area contributed by atoms with Crippen LogP contribution in [0, 0.1) is 11.7 Å². The number of nitrogens with two attached hydrogens (primary N) is 2. The highest BCUT2D eigenvalue weighted by molar-refractivity contribution is 6.48. The number of alkyl halides is 2. The van der Waals surface area contributed by atoms with Gasteiger partial charge in [0.2, 0.25) is 0 Å². The first-order valence-electron chi connectivity index (χ1n) is 11.2. The Kier molecular flexibility index (Phi) is 5.91. The number of hydrogen-bond donors (Lipinski definition) is 2. The third-order valence-electron chi connectivity index (χ3n) is 6.12. The van der Waals surface area contributed by atoms with E-state index in [0.29, 0.717) is 46.4 Å². The van der Waals surface area contributed by atoms with Crippen molar-refractivity contribution in [3.63, 3.8) is 0 Å². The van der Waals surface area contributed by atoms with Gasteiger partial charge in [-0.25, -0.2) is 22.8 Å². The smallest absolute Gasteiger partial charge is 0.282 e. The van der Waals surface area contributed by atoms with Crippen LogP contribution in [0.5, 0.6) is 5.75 Å². The molecule has 1 unspecified atom stereocenters. The molecular formula is C24H24F3N7O. The van der Waals surface area contributed by atoms with E-state index in [2.05, 4.69) is 15.2 Å². The van der Waals surface area contributed by atoms with Crippen LogP contribution in [0.25, 0.3) is 5.69 Å². The maximum atomic E-state index is 14.3. The number of nitrogens with zero attached hydrogens (tertiary/aromatic N) is 5. The maximum Gasteiger partial charge on any atom is 0.282 e. The molecule has 3 aromatic rings. The van der Waals surface area contributed by atoms with Crippen molar-refractivity contribution in [3.8, 4) is 11.4 Å². The third-order valence-corrected chi connectivity index (χ3v) is 6.12. The summed E-state index contributed by atoms with van der Waals surface area (Å²) in [5.74, 6) is 6.19. The molecule has 0 spiro atoms. The van der Waals surface area contributed by atoms with Gasteiger partial charge in [0, 0.05) is 30.3 Å². The minimum absolute atomic E-state index is 0.0610. The molecule has 1 aliphatic carbocycles. The topological polar surface area (TPSA) is 117 Å². The SMILES string of the molecule is CC1Oc2cc(cnc2N)C(=NCC2CC2)C(=NN)Cc2cc(C(F)F)nn2-c2ccc(F)cc21. The summed E-state index contributed by atoms with van der Waals surface area (Å²) in [5.41, 5.74) is 8.26. The summed E-state index contributed by atoms with van der Waals surface area (Å²) in [6.45, 7) is 2.29. The molecule has 11 heteroatoms. The van der Waals surface area contributed by atoms with E-state index in [-0.39, 0.29) is 18.0 Å². The Morgan fingerprint density at radius 2 is 2.03 bits per heavy atom. The van der Waals surface area contributed by atoms with Crippen LogP contribution in [0.1, 0.15) is 54.8 Å². The predicted octanol–water partition coefficient (Wildman–Crippen LogP) is 4.14. The Balaban J connectivity index is 1.74. The minimum Gasteiger partial charge on any atom is -0.482 e. The van der Waals surface area contributed by atoms with Crippen molar-refractivity contribution in [2.75, 3.05) is 12.3 Å². The Morgan fingerprint density at radius 3 is 2.74 bits per heavy atom. The van der Waals surface area contributed by atoms with Crippen LogP contribution in [0.4, 0.5) is 19.0 Å². The van der Waals surface area contributed by atoms with E-state index < -0.39 is 24.0 Å². The Morgan fingerprint density at radius 1 is 1.23 bits per heavy atom. The zero-order valence-electron chi connectivity index (χ0n) is 19.0. The van der Waals surface area contributed by atoms with Gasteiger partial charge in [0.1, 0.15) is 17.6 Å². The van der Waals surface area contributed by atoms with Crippen LogP contribution in [0.2, 0.25) is 0 Å². The highest BCUT2D eigenvalue weighted by Crippen LogP contribution is 2.33. The first-order valence-corrected chi connectivity index (χ1v) is 11.2. The zero-order valence-corrected chi connectivity index (χ0v) is 19.0. The maximum absolute atomic E-state index is 14.3. The molecule has 35 heavy (non-hydrogen) atoms. The van der Waals surface area contributed by atoms with Gasteiger partial charge in [-0.3, -0.25) is 4.99 Å². The summed E-state index contributed by atoms with van der Waals surface area (Å²) in [6.07, 6.45) is 0.284. The van der Waals surface area contributed by atoms with Crippen LogP contribution < -0.4 is 16.3 Å². The van der Waals surface area contributed by atoms with Gasteiger partial charge in [0.05, 0.1) is 22.8 Å². The zero-order chi connectivity index (χ0) is 24.7. The Labute approximate surface area is 199 Å². The van der Waals surface area contributed by atoms with Gasteiger partial charge in [0.25, 0.3) is 6.43 Å². The van der Waals surface area contributed by atoms with Gasteiger partial charge in [-0.1, -0.05) is 0 Å². The predicted molar refractivity (Wildman–Crippen MR) is 126 cm³/mol. The molecule has 1 atom stereocenters. The van der Waals surface area contributed by atoms with E-state index in [9.17, 15) is 13.2 Å². The largest absolute Gasteiger partial charge is 0.482 e. The average Bonchev–Trinajstić information content (AvgIpc) is 3.56. The van der Waals surface area contributed by atoms with Crippen molar-refractivity contribution >= 4 is 17.2 Å². The van der Waals surface area contributed by atoms with Crippen LogP contribution in [0.15, 0.2) is 46.6 Å². The van der Waals surface area contributed by atoms with Gasteiger partial charge in [-0.2, -0.15) is 10.2 Å². The normalized spacial score (nSPS) is 20.2. The number of nitrogen functional groups attached to an aromatic ring is 1. The summed E-state index contributed by atoms with van der Waals surface area (Å²) in [4.78, 5) is 9.02. The number of aliphatic imine (C=N–C) groups is 1. The van der Waals surface area contributed by atoms with Gasteiger partial charge < -0.3 is 16.3 Å². The van der Waals surface area contributed by atoms with Crippen LogP contribution in [0.3, 0.4) is 0 Å². The standard InChI is InChI=1S/C24H24F3N7O/c1-12-17-7-15(25)4-5-20(17)34-16(9-19(33-34)23(26)27)8-18(32-29)22(30-10-13-2-3-13)14-6-21(35-12)24(28)31-11-14/h4-7,9,11-13,23H,2-3,8,10,29H2,1H3,(H2,28,31). The number of rotatable bonds is 3. The Hall–Kier alpha value is -3.89. The molecule has 182 valence electrons. The van der Waals surface area contributed by atoms with Crippen molar-refractivity contribution in [1.82, 2.24) is 14.8 Å². The number of hydrazone groups is 1. The molecule has 2 bridgehead atoms. The summed E-state index contributed by atoms with van der Waals surface area (Å²) in [7, 11) is 0. The van der Waals surface area contributed by atoms with Gasteiger partial charge in [-0.05, 0) is 56.0 Å². The average molecular weight is 483 g/mol. The fourth-order valence-electron chi connectivity index (χ4n) is 4.09. The van der Waals surface area contributed by atoms with E-state index in [0.717, 1.165) is 12.8 Å². The lowest BCUT2D eigenvalue weighted by molar-refractivity contribution is 0.145. The Bertz CT molecular complexity index is 1330. The number of anilines is 1. The van der Waals surface area contributed by atoms with E-state index in [1.807, 2.05) is 0 Å². The summed E-state index contributed by atoms with van der Waals surface area (Å²) in [5, 5.41) is 8.09. The van der Waals surface area contributed by atoms with Gasteiger partial charge >= 0.3 is 0 Å². The van der Waals surface area contributed by atoms with Crippen LogP contribution in [-0.2, 0) is 6.42 Å². The van der Waals surface area contributed by atoms with Crippen LogP contribution >= 0.6 is 0 Å². The number of aromatic nitrogens is 3. The first kappa shape index (κ1) is 22.9.